The Labute approximate surface area is 92.2 Å². The summed E-state index contributed by atoms with van der Waals surface area (Å²) >= 11 is 7.19. The van der Waals surface area contributed by atoms with E-state index in [2.05, 4.69) is 14.5 Å². The Bertz CT molecular complexity index is 303. The SMILES string of the molecule is NCC1CCCN1Cc1nnsc1Cl. The first-order valence-electron chi connectivity index (χ1n) is 4.72. The summed E-state index contributed by atoms with van der Waals surface area (Å²) in [6.07, 6.45) is 2.41. The van der Waals surface area contributed by atoms with Crippen molar-refractivity contribution >= 4 is 23.1 Å². The second-order valence-electron chi connectivity index (χ2n) is 3.50. The fourth-order valence-electron chi connectivity index (χ4n) is 1.85. The van der Waals surface area contributed by atoms with Crippen LogP contribution in [0.1, 0.15) is 18.5 Å². The summed E-state index contributed by atoms with van der Waals surface area (Å²) in [6, 6.07) is 0.493. The smallest absolute Gasteiger partial charge is 0.138 e. The number of nitrogens with two attached hydrogens (primary N) is 1. The monoisotopic (exact) mass is 232 g/mol. The molecule has 1 aliphatic heterocycles. The van der Waals surface area contributed by atoms with Crippen LogP contribution in [-0.2, 0) is 6.54 Å². The number of hydrogen-bond donors (Lipinski definition) is 1. The average molecular weight is 233 g/mol. The standard InChI is InChI=1S/C8H13ClN4S/c9-8-7(11-12-14-8)5-13-3-1-2-6(13)4-10/h6H,1-5,10H2. The molecule has 0 aromatic carbocycles. The molecule has 0 aliphatic carbocycles. The number of halogens is 1. The van der Waals surface area contributed by atoms with Crippen LogP contribution in [0.3, 0.4) is 0 Å². The molecule has 0 spiro atoms. The molecule has 2 heterocycles. The summed E-state index contributed by atoms with van der Waals surface area (Å²) in [5.74, 6) is 0. The van der Waals surface area contributed by atoms with Crippen LogP contribution >= 0.6 is 23.1 Å². The Morgan fingerprint density at radius 3 is 3.14 bits per heavy atom. The van der Waals surface area contributed by atoms with Gasteiger partial charge in [-0.3, -0.25) is 4.90 Å². The van der Waals surface area contributed by atoms with Gasteiger partial charge in [0.2, 0.25) is 0 Å². The highest BCUT2D eigenvalue weighted by Gasteiger charge is 2.24. The lowest BCUT2D eigenvalue weighted by molar-refractivity contribution is 0.247. The molecule has 78 valence electrons. The van der Waals surface area contributed by atoms with E-state index in [1.54, 1.807) is 0 Å². The number of hydrogen-bond acceptors (Lipinski definition) is 5. The van der Waals surface area contributed by atoms with E-state index in [1.807, 2.05) is 0 Å². The summed E-state index contributed by atoms with van der Waals surface area (Å²) in [5.41, 5.74) is 6.57. The van der Waals surface area contributed by atoms with E-state index in [0.717, 1.165) is 25.3 Å². The van der Waals surface area contributed by atoms with Crippen LogP contribution in [0.25, 0.3) is 0 Å². The van der Waals surface area contributed by atoms with E-state index in [1.165, 1.54) is 24.4 Å². The zero-order valence-corrected chi connectivity index (χ0v) is 9.39. The topological polar surface area (TPSA) is 55.0 Å². The van der Waals surface area contributed by atoms with Gasteiger partial charge in [0.25, 0.3) is 0 Å². The van der Waals surface area contributed by atoms with E-state index in [-0.39, 0.29) is 0 Å². The van der Waals surface area contributed by atoms with Crippen molar-refractivity contribution in [2.75, 3.05) is 13.1 Å². The molecular formula is C8H13ClN4S. The third-order valence-corrected chi connectivity index (χ3v) is 3.62. The Hall–Kier alpha value is -0.230. The molecular weight excluding hydrogens is 220 g/mol. The first kappa shape index (κ1) is 10.3. The van der Waals surface area contributed by atoms with Crippen LogP contribution in [0.5, 0.6) is 0 Å². The average Bonchev–Trinajstić information content (AvgIpc) is 2.77. The minimum absolute atomic E-state index is 0.493. The first-order chi connectivity index (χ1) is 6.81. The molecule has 1 aromatic heterocycles. The van der Waals surface area contributed by atoms with Crippen molar-refractivity contribution in [3.63, 3.8) is 0 Å². The Morgan fingerprint density at radius 1 is 1.64 bits per heavy atom. The van der Waals surface area contributed by atoms with Gasteiger partial charge in [-0.15, -0.1) is 5.10 Å². The van der Waals surface area contributed by atoms with Crippen LogP contribution < -0.4 is 5.73 Å². The van der Waals surface area contributed by atoms with Crippen molar-refractivity contribution < 1.29 is 0 Å². The maximum atomic E-state index is 5.94. The second kappa shape index (κ2) is 4.53. The molecule has 6 heteroatoms. The molecule has 0 saturated carbocycles. The molecule has 0 amide bonds. The van der Waals surface area contributed by atoms with E-state index in [0.29, 0.717) is 10.4 Å². The lowest BCUT2D eigenvalue weighted by Crippen LogP contribution is -2.35. The van der Waals surface area contributed by atoms with Crippen molar-refractivity contribution in [3.8, 4) is 0 Å². The van der Waals surface area contributed by atoms with Crippen LogP contribution in [0.15, 0.2) is 0 Å². The van der Waals surface area contributed by atoms with Gasteiger partial charge in [0, 0.05) is 30.7 Å². The van der Waals surface area contributed by atoms with Crippen molar-refractivity contribution in [2.45, 2.75) is 25.4 Å². The van der Waals surface area contributed by atoms with Gasteiger partial charge in [-0.05, 0) is 19.4 Å². The molecule has 4 nitrogen and oxygen atoms in total. The molecule has 2 rings (SSSR count). The Morgan fingerprint density at radius 2 is 2.50 bits per heavy atom. The second-order valence-corrected chi connectivity index (χ2v) is 4.85. The van der Waals surface area contributed by atoms with Gasteiger partial charge in [-0.2, -0.15) is 0 Å². The van der Waals surface area contributed by atoms with Gasteiger partial charge < -0.3 is 5.73 Å². The predicted molar refractivity (Wildman–Crippen MR) is 57.4 cm³/mol. The van der Waals surface area contributed by atoms with Crippen molar-refractivity contribution in [1.29, 1.82) is 0 Å². The summed E-state index contributed by atoms with van der Waals surface area (Å²) in [4.78, 5) is 2.34. The van der Waals surface area contributed by atoms with E-state index >= 15 is 0 Å². The predicted octanol–water partition coefficient (Wildman–Crippen LogP) is 1.11. The molecule has 1 aromatic rings. The zero-order valence-electron chi connectivity index (χ0n) is 7.82. The van der Waals surface area contributed by atoms with Gasteiger partial charge in [-0.25, -0.2) is 0 Å². The number of aromatic nitrogens is 2. The van der Waals surface area contributed by atoms with Crippen molar-refractivity contribution in [3.05, 3.63) is 10.0 Å². The van der Waals surface area contributed by atoms with Gasteiger partial charge in [-0.1, -0.05) is 16.1 Å². The third-order valence-electron chi connectivity index (χ3n) is 2.63. The summed E-state index contributed by atoms with van der Waals surface area (Å²) in [6.45, 7) is 2.60. The normalized spacial score (nSPS) is 23.1. The van der Waals surface area contributed by atoms with E-state index in [4.69, 9.17) is 17.3 Å². The maximum absolute atomic E-state index is 5.94. The number of rotatable bonds is 3. The lowest BCUT2D eigenvalue weighted by Gasteiger charge is -2.21. The maximum Gasteiger partial charge on any atom is 0.138 e. The molecule has 1 saturated heterocycles. The number of likely N-dealkylation sites (tertiary alicyclic amines) is 1. The van der Waals surface area contributed by atoms with Crippen LogP contribution in [-0.4, -0.2) is 33.6 Å². The van der Waals surface area contributed by atoms with Gasteiger partial charge in [0.05, 0.1) is 0 Å². The van der Waals surface area contributed by atoms with E-state index < -0.39 is 0 Å². The Kier molecular flexibility index (Phi) is 3.33. The van der Waals surface area contributed by atoms with Crippen LogP contribution in [0, 0.1) is 0 Å². The number of nitrogens with zero attached hydrogens (tertiary/aromatic N) is 3. The molecule has 2 N–H and O–H groups in total. The highest BCUT2D eigenvalue weighted by Crippen LogP contribution is 2.23. The fourth-order valence-corrected chi connectivity index (χ4v) is 2.47. The molecule has 1 aliphatic rings. The molecule has 1 fully saturated rings. The molecule has 0 radical (unpaired) electrons. The van der Waals surface area contributed by atoms with Crippen molar-refractivity contribution in [1.82, 2.24) is 14.5 Å². The van der Waals surface area contributed by atoms with Crippen LogP contribution in [0.4, 0.5) is 0 Å². The summed E-state index contributed by atoms with van der Waals surface area (Å²) < 4.78 is 4.52. The molecule has 0 bridgehead atoms. The summed E-state index contributed by atoms with van der Waals surface area (Å²) in [5, 5.41) is 4.00. The summed E-state index contributed by atoms with van der Waals surface area (Å²) in [7, 11) is 0. The first-order valence-corrected chi connectivity index (χ1v) is 5.87. The highest BCUT2D eigenvalue weighted by atomic mass is 35.5. The highest BCUT2D eigenvalue weighted by molar-refractivity contribution is 7.10. The molecule has 14 heavy (non-hydrogen) atoms. The molecule has 1 unspecified atom stereocenters. The fraction of sp³-hybridized carbons (Fsp3) is 0.750. The van der Waals surface area contributed by atoms with Crippen LogP contribution in [0.2, 0.25) is 4.34 Å². The largest absolute Gasteiger partial charge is 0.329 e. The van der Waals surface area contributed by atoms with Gasteiger partial charge in [0.1, 0.15) is 10.0 Å². The zero-order chi connectivity index (χ0) is 9.97. The van der Waals surface area contributed by atoms with Crippen molar-refractivity contribution in [2.24, 2.45) is 5.73 Å². The van der Waals surface area contributed by atoms with Gasteiger partial charge in [0.15, 0.2) is 0 Å². The quantitative estimate of drug-likeness (QED) is 0.849. The third kappa shape index (κ3) is 2.06. The molecule has 1 atom stereocenters. The Balaban J connectivity index is 2.00. The van der Waals surface area contributed by atoms with E-state index in [9.17, 15) is 0 Å². The lowest BCUT2D eigenvalue weighted by atomic mass is 10.2. The minimum Gasteiger partial charge on any atom is -0.329 e. The van der Waals surface area contributed by atoms with Gasteiger partial charge >= 0.3 is 0 Å². The minimum atomic E-state index is 0.493.